The monoisotopic (exact) mass is 362 g/mol. The van der Waals surface area contributed by atoms with E-state index in [4.69, 9.17) is 9.47 Å². The second kappa shape index (κ2) is 8.26. The van der Waals surface area contributed by atoms with Gasteiger partial charge < -0.3 is 14.6 Å². The number of benzene rings is 1. The van der Waals surface area contributed by atoms with E-state index in [0.29, 0.717) is 29.4 Å². The fraction of sp³-hybridized carbons (Fsp3) is 0.545. The van der Waals surface area contributed by atoms with E-state index in [9.17, 15) is 9.50 Å². The van der Waals surface area contributed by atoms with E-state index in [1.165, 1.54) is 5.57 Å². The molecule has 2 rings (SSSR count). The molecule has 0 spiro atoms. The van der Waals surface area contributed by atoms with Gasteiger partial charge in [0.25, 0.3) is 0 Å². The average molecular weight is 362 g/mol. The van der Waals surface area contributed by atoms with E-state index in [1.54, 1.807) is 6.92 Å². The van der Waals surface area contributed by atoms with Crippen LogP contribution in [-0.2, 0) is 0 Å². The summed E-state index contributed by atoms with van der Waals surface area (Å²) in [6.07, 6.45) is 4.07. The van der Waals surface area contributed by atoms with Gasteiger partial charge in [-0.15, -0.1) is 0 Å². The van der Waals surface area contributed by atoms with Crippen LogP contribution in [0.25, 0.3) is 11.1 Å². The average Bonchev–Trinajstić information content (AvgIpc) is 2.58. The number of ether oxygens (including phenoxy) is 2. The fourth-order valence-corrected chi connectivity index (χ4v) is 3.12. The van der Waals surface area contributed by atoms with Crippen LogP contribution in [-0.4, -0.2) is 23.9 Å². The molecule has 3 nitrogen and oxygen atoms in total. The zero-order valence-electron chi connectivity index (χ0n) is 16.8. The molecule has 0 atom stereocenters. The number of halogens is 1. The quantitative estimate of drug-likeness (QED) is 0.626. The first-order valence-corrected chi connectivity index (χ1v) is 9.39. The Hall–Kier alpha value is -1.81. The van der Waals surface area contributed by atoms with Crippen molar-refractivity contribution >= 4 is 11.1 Å². The minimum atomic E-state index is -0.617. The zero-order chi connectivity index (χ0) is 19.5. The van der Waals surface area contributed by atoms with E-state index >= 15 is 0 Å². The molecule has 0 saturated carbocycles. The maximum atomic E-state index is 14.1. The van der Waals surface area contributed by atoms with E-state index in [0.717, 1.165) is 24.2 Å². The number of fused-ring (bicyclic) bond motifs is 1. The molecule has 0 aromatic heterocycles. The number of unbranched alkanes of at least 4 members (excludes halogenated alkanes) is 1. The Balaban J connectivity index is 2.62. The number of hydrogen-bond acceptors (Lipinski definition) is 3. The van der Waals surface area contributed by atoms with Gasteiger partial charge in [0, 0.05) is 17.2 Å². The van der Waals surface area contributed by atoms with Crippen molar-refractivity contribution in [1.29, 1.82) is 0 Å². The molecule has 0 radical (unpaired) electrons. The Morgan fingerprint density at radius 2 is 2.00 bits per heavy atom. The van der Waals surface area contributed by atoms with Crippen molar-refractivity contribution in [3.63, 3.8) is 0 Å². The molecule has 0 amide bonds. The number of allylic oxidation sites excluding steroid dienone is 2. The first-order chi connectivity index (χ1) is 12.2. The van der Waals surface area contributed by atoms with Gasteiger partial charge in [0.15, 0.2) is 0 Å². The van der Waals surface area contributed by atoms with E-state index in [1.807, 2.05) is 26.0 Å². The summed E-state index contributed by atoms with van der Waals surface area (Å²) in [5.74, 6) is 1.12. The smallest absolute Gasteiger partial charge is 0.131 e. The SMILES string of the molecule is CCCCOc1cc2c(cc1C(C)=C(F)CO)C(C(C)C)=CC(C)(C)O2. The molecule has 1 aliphatic heterocycles. The lowest BCUT2D eigenvalue weighted by molar-refractivity contribution is 0.156. The molecule has 26 heavy (non-hydrogen) atoms. The first kappa shape index (κ1) is 20.5. The highest BCUT2D eigenvalue weighted by Gasteiger charge is 2.29. The topological polar surface area (TPSA) is 38.7 Å². The highest BCUT2D eigenvalue weighted by Crippen LogP contribution is 2.44. The van der Waals surface area contributed by atoms with Gasteiger partial charge in [-0.25, -0.2) is 4.39 Å². The van der Waals surface area contributed by atoms with Gasteiger partial charge in [-0.3, -0.25) is 0 Å². The van der Waals surface area contributed by atoms with E-state index < -0.39 is 18.0 Å². The van der Waals surface area contributed by atoms with Crippen LogP contribution in [0.1, 0.15) is 65.5 Å². The lowest BCUT2D eigenvalue weighted by Gasteiger charge is -2.33. The second-order valence-corrected chi connectivity index (χ2v) is 7.69. The normalized spacial score (nSPS) is 16.6. The highest BCUT2D eigenvalue weighted by molar-refractivity contribution is 5.81. The molecule has 1 aliphatic rings. The van der Waals surface area contributed by atoms with Crippen LogP contribution in [0.3, 0.4) is 0 Å². The maximum Gasteiger partial charge on any atom is 0.131 e. The van der Waals surface area contributed by atoms with Crippen LogP contribution in [0, 0.1) is 5.92 Å². The molecular formula is C22H31FO3. The van der Waals surface area contributed by atoms with Gasteiger partial charge in [-0.05, 0) is 56.4 Å². The summed E-state index contributed by atoms with van der Waals surface area (Å²) >= 11 is 0. The molecular weight excluding hydrogens is 331 g/mol. The summed E-state index contributed by atoms with van der Waals surface area (Å²) in [4.78, 5) is 0. The molecule has 0 unspecified atom stereocenters. The van der Waals surface area contributed by atoms with Crippen molar-refractivity contribution in [2.45, 2.75) is 60.0 Å². The van der Waals surface area contributed by atoms with Gasteiger partial charge >= 0.3 is 0 Å². The van der Waals surface area contributed by atoms with Gasteiger partial charge in [0.1, 0.15) is 22.9 Å². The van der Waals surface area contributed by atoms with E-state index in [-0.39, 0.29) is 0 Å². The van der Waals surface area contributed by atoms with Crippen LogP contribution in [0.15, 0.2) is 24.0 Å². The van der Waals surface area contributed by atoms with Crippen molar-refractivity contribution in [1.82, 2.24) is 0 Å². The number of hydrogen-bond donors (Lipinski definition) is 1. The highest BCUT2D eigenvalue weighted by atomic mass is 19.1. The summed E-state index contributed by atoms with van der Waals surface area (Å²) in [7, 11) is 0. The lowest BCUT2D eigenvalue weighted by atomic mass is 9.86. The van der Waals surface area contributed by atoms with Crippen LogP contribution < -0.4 is 9.47 Å². The van der Waals surface area contributed by atoms with Crippen LogP contribution in [0.5, 0.6) is 11.5 Å². The predicted molar refractivity (Wildman–Crippen MR) is 105 cm³/mol. The molecule has 1 heterocycles. The standard InChI is InChI=1S/C22H31FO3/c1-7-8-9-25-20-11-21-17(10-16(20)15(4)19(23)13-24)18(14(2)3)12-22(5,6)26-21/h10-12,14,24H,7-9,13H2,1-6H3. The van der Waals surface area contributed by atoms with Crippen LogP contribution in [0.2, 0.25) is 0 Å². The molecule has 0 bridgehead atoms. The summed E-state index contributed by atoms with van der Waals surface area (Å²) in [6.45, 7) is 12.0. The molecule has 144 valence electrons. The Labute approximate surface area is 156 Å². The van der Waals surface area contributed by atoms with Crippen molar-refractivity contribution in [2.24, 2.45) is 5.92 Å². The van der Waals surface area contributed by atoms with Crippen molar-refractivity contribution < 1.29 is 19.0 Å². The molecule has 0 fully saturated rings. The first-order valence-electron chi connectivity index (χ1n) is 9.39. The molecule has 1 aromatic rings. The molecule has 0 saturated heterocycles. The minimum absolute atomic E-state index is 0.309. The zero-order valence-corrected chi connectivity index (χ0v) is 16.8. The summed E-state index contributed by atoms with van der Waals surface area (Å²) in [5.41, 5.74) is 2.80. The molecule has 4 heteroatoms. The number of aliphatic hydroxyl groups is 1. The maximum absolute atomic E-state index is 14.1. The van der Waals surface area contributed by atoms with Crippen molar-refractivity contribution in [3.8, 4) is 11.5 Å². The van der Waals surface area contributed by atoms with Gasteiger partial charge in [-0.1, -0.05) is 27.2 Å². The second-order valence-electron chi connectivity index (χ2n) is 7.69. The Kier molecular flexibility index (Phi) is 6.51. The fourth-order valence-electron chi connectivity index (χ4n) is 3.12. The summed E-state index contributed by atoms with van der Waals surface area (Å²) < 4.78 is 26.2. The Morgan fingerprint density at radius 3 is 2.58 bits per heavy atom. The van der Waals surface area contributed by atoms with Gasteiger partial charge in [-0.2, -0.15) is 0 Å². The Bertz CT molecular complexity index is 714. The minimum Gasteiger partial charge on any atom is -0.493 e. The van der Waals surface area contributed by atoms with Crippen molar-refractivity contribution in [2.75, 3.05) is 13.2 Å². The lowest BCUT2D eigenvalue weighted by Crippen LogP contribution is -2.30. The third-order valence-electron chi connectivity index (χ3n) is 4.60. The molecule has 1 aromatic carbocycles. The molecule has 1 N–H and O–H groups in total. The van der Waals surface area contributed by atoms with Crippen molar-refractivity contribution in [3.05, 3.63) is 35.2 Å². The predicted octanol–water partition coefficient (Wildman–Crippen LogP) is 5.77. The summed E-state index contributed by atoms with van der Waals surface area (Å²) in [5, 5.41) is 9.21. The summed E-state index contributed by atoms with van der Waals surface area (Å²) in [6, 6.07) is 3.80. The number of aliphatic hydroxyl groups excluding tert-OH is 1. The third-order valence-corrected chi connectivity index (χ3v) is 4.60. The van der Waals surface area contributed by atoms with Crippen LogP contribution >= 0.6 is 0 Å². The van der Waals surface area contributed by atoms with Gasteiger partial charge in [0.2, 0.25) is 0 Å². The Morgan fingerprint density at radius 1 is 1.31 bits per heavy atom. The van der Waals surface area contributed by atoms with E-state index in [2.05, 4.69) is 26.8 Å². The molecule has 0 aliphatic carbocycles. The third kappa shape index (κ3) is 4.47. The number of rotatable bonds is 7. The van der Waals surface area contributed by atoms with Crippen LogP contribution in [0.4, 0.5) is 4.39 Å². The van der Waals surface area contributed by atoms with Gasteiger partial charge in [0.05, 0.1) is 13.2 Å². The largest absolute Gasteiger partial charge is 0.493 e.